The number of benzene rings is 1. The van der Waals surface area contributed by atoms with Gasteiger partial charge in [0.15, 0.2) is 0 Å². The number of carbonyl (C=O) groups is 2. The summed E-state index contributed by atoms with van der Waals surface area (Å²) in [4.78, 5) is 34.4. The minimum absolute atomic E-state index is 0.308. The number of amides is 2. The number of anilines is 1. The van der Waals surface area contributed by atoms with Crippen LogP contribution in [0.5, 0.6) is 0 Å². The molecule has 2 saturated heterocycles. The van der Waals surface area contributed by atoms with Crippen molar-refractivity contribution in [2.45, 2.75) is 25.6 Å². The van der Waals surface area contributed by atoms with Gasteiger partial charge in [0.2, 0.25) is 5.95 Å². The lowest BCUT2D eigenvalue weighted by molar-refractivity contribution is -0.137. The molecule has 1 aromatic carbocycles. The van der Waals surface area contributed by atoms with Crippen LogP contribution in [0.4, 0.5) is 23.9 Å². The van der Waals surface area contributed by atoms with Crippen LogP contribution in [0.1, 0.15) is 29.9 Å². The van der Waals surface area contributed by atoms with Crippen LogP contribution >= 0.6 is 11.8 Å². The molecule has 2 aliphatic heterocycles. The average molecular weight is 544 g/mol. The van der Waals surface area contributed by atoms with E-state index in [9.17, 15) is 22.8 Å². The highest BCUT2D eigenvalue weighted by atomic mass is 32.2. The monoisotopic (exact) mass is 543 g/mol. The van der Waals surface area contributed by atoms with E-state index in [0.717, 1.165) is 56.4 Å². The zero-order valence-corrected chi connectivity index (χ0v) is 20.9. The number of imide groups is 1. The summed E-state index contributed by atoms with van der Waals surface area (Å²) in [7, 11) is 0. The van der Waals surface area contributed by atoms with E-state index in [-0.39, 0.29) is 0 Å². The van der Waals surface area contributed by atoms with Crippen molar-refractivity contribution in [2.24, 2.45) is 5.92 Å². The summed E-state index contributed by atoms with van der Waals surface area (Å²) in [5, 5.41) is 5.22. The van der Waals surface area contributed by atoms with Crippen LogP contribution in [-0.4, -0.2) is 40.7 Å². The number of aromatic nitrogens is 2. The number of carbonyl (C=O) groups excluding carboxylic acids is 2. The summed E-state index contributed by atoms with van der Waals surface area (Å²) in [5.41, 5.74) is 0.247. The van der Waals surface area contributed by atoms with Gasteiger partial charge >= 0.3 is 6.18 Å². The number of alkyl halides is 3. The van der Waals surface area contributed by atoms with Crippen molar-refractivity contribution < 1.29 is 27.2 Å². The highest BCUT2D eigenvalue weighted by Crippen LogP contribution is 2.33. The Morgan fingerprint density at radius 1 is 1.16 bits per heavy atom. The molecule has 0 aliphatic carbocycles. The quantitative estimate of drug-likeness (QED) is 0.398. The highest BCUT2D eigenvalue weighted by molar-refractivity contribution is 8.18. The number of halogens is 3. The first kappa shape index (κ1) is 26.0. The third-order valence-electron chi connectivity index (χ3n) is 6.35. The maximum absolute atomic E-state index is 13.0. The predicted molar refractivity (Wildman–Crippen MR) is 137 cm³/mol. The number of hydrogen-bond donors (Lipinski definition) is 2. The van der Waals surface area contributed by atoms with E-state index in [1.807, 2.05) is 0 Å². The lowest BCUT2D eigenvalue weighted by Crippen LogP contribution is -2.38. The van der Waals surface area contributed by atoms with Gasteiger partial charge in [-0.2, -0.15) is 13.2 Å². The molecule has 0 spiro atoms. The van der Waals surface area contributed by atoms with Gasteiger partial charge in [0, 0.05) is 24.8 Å². The van der Waals surface area contributed by atoms with E-state index in [1.54, 1.807) is 36.5 Å². The van der Waals surface area contributed by atoms with E-state index in [0.29, 0.717) is 46.1 Å². The van der Waals surface area contributed by atoms with Gasteiger partial charge in [0.25, 0.3) is 11.1 Å². The Kier molecular flexibility index (Phi) is 7.52. The summed E-state index contributed by atoms with van der Waals surface area (Å²) in [6, 6.07) is 10.3. The van der Waals surface area contributed by atoms with Crippen LogP contribution < -0.4 is 15.5 Å². The summed E-state index contributed by atoms with van der Waals surface area (Å²) in [5.74, 6) is 1.66. The second-order valence-electron chi connectivity index (χ2n) is 9.04. The number of thioether (sulfide) groups is 1. The van der Waals surface area contributed by atoms with Gasteiger partial charge in [0.1, 0.15) is 11.5 Å². The van der Waals surface area contributed by atoms with Crippen LogP contribution in [0.15, 0.2) is 58.0 Å². The fourth-order valence-electron chi connectivity index (χ4n) is 4.36. The maximum atomic E-state index is 13.0. The fourth-order valence-corrected chi connectivity index (χ4v) is 5.03. The molecule has 198 valence electrons. The third-order valence-corrected chi connectivity index (χ3v) is 7.16. The predicted octanol–water partition coefficient (Wildman–Crippen LogP) is 5.09. The molecule has 5 rings (SSSR count). The molecule has 12 heteroatoms. The Morgan fingerprint density at radius 2 is 1.97 bits per heavy atom. The molecule has 0 atom stereocenters. The molecule has 0 bridgehead atoms. The Hall–Kier alpha value is -3.64. The molecule has 0 unspecified atom stereocenters. The summed E-state index contributed by atoms with van der Waals surface area (Å²) < 4.78 is 44.7. The van der Waals surface area contributed by atoms with Gasteiger partial charge in [-0.1, -0.05) is 12.1 Å². The van der Waals surface area contributed by atoms with Crippen LogP contribution in [0.25, 0.3) is 17.4 Å². The molecule has 2 fully saturated rings. The van der Waals surface area contributed by atoms with Gasteiger partial charge in [-0.15, -0.1) is 0 Å². The second-order valence-corrected chi connectivity index (χ2v) is 10.1. The molecule has 38 heavy (non-hydrogen) atoms. The largest absolute Gasteiger partial charge is 0.460 e. The second kappa shape index (κ2) is 11.0. The van der Waals surface area contributed by atoms with Crippen LogP contribution in [0, 0.1) is 5.92 Å². The van der Waals surface area contributed by atoms with Gasteiger partial charge in [0.05, 0.1) is 22.7 Å². The summed E-state index contributed by atoms with van der Waals surface area (Å²) in [6.07, 6.45) is 0.687. The van der Waals surface area contributed by atoms with Crippen molar-refractivity contribution in [3.63, 3.8) is 0 Å². The van der Waals surface area contributed by atoms with Crippen molar-refractivity contribution in [3.05, 3.63) is 70.6 Å². The Labute approximate surface area is 220 Å². The van der Waals surface area contributed by atoms with E-state index >= 15 is 0 Å². The van der Waals surface area contributed by atoms with Crippen molar-refractivity contribution in [1.82, 2.24) is 20.6 Å². The minimum atomic E-state index is -4.40. The fraction of sp³-hybridized carbons (Fsp3) is 0.308. The number of hydrogen-bond acceptors (Lipinski definition) is 8. The maximum Gasteiger partial charge on any atom is 0.416 e. The summed E-state index contributed by atoms with van der Waals surface area (Å²) in [6.45, 7) is 2.81. The van der Waals surface area contributed by atoms with Crippen LogP contribution in [-0.2, 0) is 17.5 Å². The van der Waals surface area contributed by atoms with E-state index in [2.05, 4.69) is 25.5 Å². The SMILES string of the molecule is O=C1NC(=O)/C(=C/c2ccnc(N3CCC(CNCc4ccc(-c5cccc(C(F)(F)F)c5)o4)CC3)n2)S1. The highest BCUT2D eigenvalue weighted by Gasteiger charge is 2.30. The van der Waals surface area contributed by atoms with Gasteiger partial charge in [-0.05, 0) is 73.5 Å². The number of piperidine rings is 1. The van der Waals surface area contributed by atoms with Gasteiger partial charge < -0.3 is 14.6 Å². The average Bonchev–Trinajstić information content (AvgIpc) is 3.50. The molecular formula is C26H24F3N5O3S. The lowest BCUT2D eigenvalue weighted by atomic mass is 9.97. The zero-order valence-electron chi connectivity index (χ0n) is 20.1. The normalized spacial score (nSPS) is 17.9. The molecular weight excluding hydrogens is 519 g/mol. The van der Waals surface area contributed by atoms with Crippen molar-refractivity contribution >= 4 is 34.9 Å². The number of nitrogens with one attached hydrogen (secondary N) is 2. The Bertz CT molecular complexity index is 1370. The number of furan rings is 1. The topological polar surface area (TPSA) is 100 Å². The van der Waals surface area contributed by atoms with Crippen molar-refractivity contribution in [3.8, 4) is 11.3 Å². The molecule has 2 aliphatic rings. The van der Waals surface area contributed by atoms with Gasteiger partial charge in [-0.3, -0.25) is 14.9 Å². The smallest absolute Gasteiger partial charge is 0.416 e. The molecule has 2 amide bonds. The molecule has 3 aromatic rings. The number of nitrogens with zero attached hydrogens (tertiary/aromatic N) is 3. The third kappa shape index (κ3) is 6.25. The van der Waals surface area contributed by atoms with Crippen LogP contribution in [0.2, 0.25) is 0 Å². The lowest BCUT2D eigenvalue weighted by Gasteiger charge is -2.32. The Morgan fingerprint density at radius 3 is 2.71 bits per heavy atom. The molecule has 8 nitrogen and oxygen atoms in total. The molecule has 2 aromatic heterocycles. The van der Waals surface area contributed by atoms with E-state index in [4.69, 9.17) is 4.42 Å². The first-order chi connectivity index (χ1) is 18.2. The molecule has 0 radical (unpaired) electrons. The van der Waals surface area contributed by atoms with E-state index < -0.39 is 22.9 Å². The number of rotatable bonds is 7. The Balaban J connectivity index is 1.10. The van der Waals surface area contributed by atoms with Crippen LogP contribution in [0.3, 0.4) is 0 Å². The zero-order chi connectivity index (χ0) is 26.7. The first-order valence-electron chi connectivity index (χ1n) is 12.0. The minimum Gasteiger partial charge on any atom is -0.460 e. The molecule has 0 saturated carbocycles. The first-order valence-corrected chi connectivity index (χ1v) is 12.9. The van der Waals surface area contributed by atoms with Crippen molar-refractivity contribution in [1.29, 1.82) is 0 Å². The summed E-state index contributed by atoms with van der Waals surface area (Å²) >= 11 is 0.851. The van der Waals surface area contributed by atoms with Crippen molar-refractivity contribution in [2.75, 3.05) is 24.5 Å². The molecule has 2 N–H and O–H groups in total. The molecule has 4 heterocycles. The van der Waals surface area contributed by atoms with Gasteiger partial charge in [-0.25, -0.2) is 9.97 Å². The standard InChI is InChI=1S/C26H24F3N5O3S/c27-26(28,29)18-3-1-2-17(12-18)21-5-4-20(37-21)15-30-14-16-7-10-34(11-8-16)24-31-9-6-19(32-24)13-22-23(35)33-25(36)38-22/h1-6,9,12-13,16,30H,7-8,10-11,14-15H2,(H,33,35,36)/b22-13-. The van der Waals surface area contributed by atoms with E-state index in [1.165, 1.54) is 6.07 Å².